The van der Waals surface area contributed by atoms with E-state index in [0.29, 0.717) is 19.5 Å². The first-order valence-corrected chi connectivity index (χ1v) is 12.6. The molecular formula is C31H37N3O. The molecule has 35 heavy (non-hydrogen) atoms. The Bertz CT molecular complexity index is 1260. The summed E-state index contributed by atoms with van der Waals surface area (Å²) in [6, 6.07) is 27.5. The van der Waals surface area contributed by atoms with Crippen LogP contribution in [-0.4, -0.2) is 47.5 Å². The molecule has 0 aliphatic carbocycles. The van der Waals surface area contributed by atoms with Gasteiger partial charge >= 0.3 is 0 Å². The lowest BCUT2D eigenvalue weighted by Crippen LogP contribution is -2.37. The van der Waals surface area contributed by atoms with Gasteiger partial charge in [-0.3, -0.25) is 4.79 Å². The highest BCUT2D eigenvalue weighted by Gasteiger charge is 2.25. The van der Waals surface area contributed by atoms with Crippen LogP contribution >= 0.6 is 0 Å². The lowest BCUT2D eigenvalue weighted by atomic mass is 9.87. The first kappa shape index (κ1) is 24.7. The van der Waals surface area contributed by atoms with Crippen LogP contribution in [0.5, 0.6) is 0 Å². The van der Waals surface area contributed by atoms with Crippen molar-refractivity contribution < 1.29 is 4.79 Å². The van der Waals surface area contributed by atoms with Gasteiger partial charge in [0.25, 0.3) is 0 Å². The standard InChI is InChI=1S/C31H37N3O/c1-5-33-23-29(27-16-9-10-17-30(27)33)28(26-15-11-12-24(2)20-26)21-31(35)34(19-18-32(3)4)22-25-13-7-6-8-14-25/h6-17,20,23,28H,5,18-19,21-22H2,1-4H3/t28-/m1/s1. The molecule has 0 radical (unpaired) electrons. The quantitative estimate of drug-likeness (QED) is 0.283. The highest BCUT2D eigenvalue weighted by atomic mass is 16.2. The number of hydrogen-bond acceptors (Lipinski definition) is 2. The van der Waals surface area contributed by atoms with E-state index >= 15 is 0 Å². The average Bonchev–Trinajstić information content (AvgIpc) is 3.24. The van der Waals surface area contributed by atoms with Gasteiger partial charge in [0.2, 0.25) is 5.91 Å². The van der Waals surface area contributed by atoms with E-state index in [1.807, 2.05) is 23.1 Å². The first-order chi connectivity index (χ1) is 17.0. The van der Waals surface area contributed by atoms with E-state index in [1.54, 1.807) is 0 Å². The van der Waals surface area contributed by atoms with Crippen LogP contribution in [0.1, 0.15) is 41.5 Å². The molecule has 1 aromatic heterocycles. The second-order valence-electron chi connectivity index (χ2n) is 9.66. The topological polar surface area (TPSA) is 28.5 Å². The zero-order chi connectivity index (χ0) is 24.8. The van der Waals surface area contributed by atoms with Crippen LogP contribution in [-0.2, 0) is 17.9 Å². The summed E-state index contributed by atoms with van der Waals surface area (Å²) in [6.07, 6.45) is 2.70. The highest BCUT2D eigenvalue weighted by molar-refractivity contribution is 5.86. The number of likely N-dealkylation sites (N-methyl/N-ethyl adjacent to an activating group) is 1. The third-order valence-electron chi connectivity index (χ3n) is 6.74. The molecule has 4 rings (SSSR count). The normalized spacial score (nSPS) is 12.3. The van der Waals surface area contributed by atoms with Crippen molar-refractivity contribution in [3.8, 4) is 0 Å². The number of carbonyl (C=O) groups is 1. The van der Waals surface area contributed by atoms with Gasteiger partial charge < -0.3 is 14.4 Å². The number of nitrogens with zero attached hydrogens (tertiary/aromatic N) is 3. The summed E-state index contributed by atoms with van der Waals surface area (Å²) < 4.78 is 2.30. The Morgan fingerprint density at radius 3 is 2.37 bits per heavy atom. The third kappa shape index (κ3) is 6.01. The summed E-state index contributed by atoms with van der Waals surface area (Å²) in [5, 5.41) is 1.23. The van der Waals surface area contributed by atoms with Gasteiger partial charge in [-0.05, 0) is 50.7 Å². The molecule has 0 aliphatic rings. The zero-order valence-electron chi connectivity index (χ0n) is 21.4. The molecule has 0 N–H and O–H groups in total. The largest absolute Gasteiger partial charge is 0.347 e. The summed E-state index contributed by atoms with van der Waals surface area (Å²) >= 11 is 0. The minimum absolute atomic E-state index is 0.00210. The molecule has 3 aromatic carbocycles. The van der Waals surface area contributed by atoms with Crippen LogP contribution < -0.4 is 0 Å². The molecule has 1 amide bonds. The Hall–Kier alpha value is -3.37. The number of aryl methyl sites for hydroxylation is 2. The molecule has 0 spiro atoms. The van der Waals surface area contributed by atoms with Crippen LogP contribution in [0.15, 0.2) is 85.1 Å². The molecule has 0 saturated carbocycles. The summed E-state index contributed by atoms with van der Waals surface area (Å²) in [5.74, 6) is 0.188. The van der Waals surface area contributed by atoms with Crippen molar-refractivity contribution in [2.24, 2.45) is 0 Å². The number of aromatic nitrogens is 1. The minimum atomic E-state index is -0.00210. The molecule has 182 valence electrons. The summed E-state index contributed by atoms with van der Waals surface area (Å²) in [7, 11) is 4.11. The van der Waals surface area contributed by atoms with E-state index in [-0.39, 0.29) is 11.8 Å². The predicted molar refractivity (Wildman–Crippen MR) is 146 cm³/mol. The van der Waals surface area contributed by atoms with Crippen molar-refractivity contribution in [1.29, 1.82) is 0 Å². The number of rotatable bonds is 10. The van der Waals surface area contributed by atoms with Gasteiger partial charge in [0.15, 0.2) is 0 Å². The molecule has 0 aliphatic heterocycles. The fraction of sp³-hybridized carbons (Fsp3) is 0.323. The molecule has 0 bridgehead atoms. The molecule has 4 nitrogen and oxygen atoms in total. The van der Waals surface area contributed by atoms with Crippen LogP contribution in [0.4, 0.5) is 0 Å². The van der Waals surface area contributed by atoms with Crippen LogP contribution in [0.3, 0.4) is 0 Å². The van der Waals surface area contributed by atoms with Crippen LogP contribution in [0.2, 0.25) is 0 Å². The molecule has 0 fully saturated rings. The number of hydrogen-bond donors (Lipinski definition) is 0. The fourth-order valence-electron chi connectivity index (χ4n) is 4.83. The van der Waals surface area contributed by atoms with E-state index in [2.05, 4.69) is 104 Å². The molecule has 1 atom stereocenters. The van der Waals surface area contributed by atoms with Gasteiger partial charge in [-0.15, -0.1) is 0 Å². The van der Waals surface area contributed by atoms with Gasteiger partial charge in [0.05, 0.1) is 0 Å². The van der Waals surface area contributed by atoms with E-state index in [0.717, 1.165) is 18.7 Å². The Balaban J connectivity index is 1.71. The van der Waals surface area contributed by atoms with E-state index in [1.165, 1.54) is 27.6 Å². The van der Waals surface area contributed by atoms with Crippen molar-refractivity contribution in [2.45, 2.75) is 39.3 Å². The molecule has 4 aromatic rings. The highest BCUT2D eigenvalue weighted by Crippen LogP contribution is 2.35. The smallest absolute Gasteiger partial charge is 0.223 e. The van der Waals surface area contributed by atoms with Crippen LogP contribution in [0, 0.1) is 6.92 Å². The second kappa shape index (κ2) is 11.4. The van der Waals surface area contributed by atoms with Crippen LogP contribution in [0.25, 0.3) is 10.9 Å². The molecule has 0 unspecified atom stereocenters. The van der Waals surface area contributed by atoms with Crippen molar-refractivity contribution >= 4 is 16.8 Å². The van der Waals surface area contributed by atoms with Gasteiger partial charge in [-0.25, -0.2) is 0 Å². The lowest BCUT2D eigenvalue weighted by Gasteiger charge is -2.27. The summed E-state index contributed by atoms with van der Waals surface area (Å²) in [4.78, 5) is 18.1. The summed E-state index contributed by atoms with van der Waals surface area (Å²) in [6.45, 7) is 7.37. The Labute approximate surface area is 209 Å². The number of fused-ring (bicyclic) bond motifs is 1. The number of para-hydroxylation sites is 1. The first-order valence-electron chi connectivity index (χ1n) is 12.6. The SMILES string of the molecule is CCn1cc([C@H](CC(=O)N(CCN(C)C)Cc2ccccc2)c2cccc(C)c2)c2ccccc21. The van der Waals surface area contributed by atoms with E-state index in [4.69, 9.17) is 0 Å². The Morgan fingerprint density at radius 1 is 0.914 bits per heavy atom. The van der Waals surface area contributed by atoms with Gasteiger partial charge in [-0.2, -0.15) is 0 Å². The zero-order valence-corrected chi connectivity index (χ0v) is 21.4. The van der Waals surface area contributed by atoms with Crippen molar-refractivity contribution in [3.63, 3.8) is 0 Å². The molecule has 0 saturated heterocycles. The Morgan fingerprint density at radius 2 is 1.66 bits per heavy atom. The van der Waals surface area contributed by atoms with Crippen molar-refractivity contribution in [1.82, 2.24) is 14.4 Å². The fourth-order valence-corrected chi connectivity index (χ4v) is 4.83. The van der Waals surface area contributed by atoms with Crippen molar-refractivity contribution in [2.75, 3.05) is 27.2 Å². The van der Waals surface area contributed by atoms with Gasteiger partial charge in [0.1, 0.15) is 0 Å². The Kier molecular flexibility index (Phi) is 8.04. The van der Waals surface area contributed by atoms with Crippen molar-refractivity contribution in [3.05, 3.63) is 107 Å². The van der Waals surface area contributed by atoms with E-state index in [9.17, 15) is 4.79 Å². The predicted octanol–water partition coefficient (Wildman–Crippen LogP) is 6.08. The molecular weight excluding hydrogens is 430 g/mol. The van der Waals surface area contributed by atoms with Gasteiger partial charge in [-0.1, -0.05) is 78.4 Å². The number of amides is 1. The number of carbonyl (C=O) groups excluding carboxylic acids is 1. The maximum absolute atomic E-state index is 13.9. The lowest BCUT2D eigenvalue weighted by molar-refractivity contribution is -0.132. The second-order valence-corrected chi connectivity index (χ2v) is 9.66. The monoisotopic (exact) mass is 467 g/mol. The number of benzene rings is 3. The molecule has 4 heteroatoms. The minimum Gasteiger partial charge on any atom is -0.347 e. The summed E-state index contributed by atoms with van der Waals surface area (Å²) in [5.41, 5.74) is 6.03. The maximum atomic E-state index is 13.9. The van der Waals surface area contributed by atoms with E-state index < -0.39 is 0 Å². The third-order valence-corrected chi connectivity index (χ3v) is 6.74. The maximum Gasteiger partial charge on any atom is 0.223 e. The van der Waals surface area contributed by atoms with Gasteiger partial charge in [0, 0.05) is 55.6 Å². The molecule has 1 heterocycles. The average molecular weight is 468 g/mol.